The number of pyridine rings is 1. The first kappa shape index (κ1) is 12.2. The molecule has 2 aromatic rings. The fraction of sp³-hybridized carbons (Fsp3) is 0.0769. The summed E-state index contributed by atoms with van der Waals surface area (Å²) in [5.41, 5.74) is 0.474. The van der Waals surface area contributed by atoms with Crippen LogP contribution in [-0.4, -0.2) is 10.9 Å². The maximum atomic E-state index is 13.2. The monoisotopic (exact) mass is 248 g/mol. The fourth-order valence-electron chi connectivity index (χ4n) is 1.48. The van der Waals surface area contributed by atoms with Crippen molar-refractivity contribution < 1.29 is 13.6 Å². The van der Waals surface area contributed by atoms with Crippen LogP contribution >= 0.6 is 0 Å². The minimum Gasteiger partial charge on any atom is -0.348 e. The number of carbonyl (C=O) groups is 1. The molecule has 1 aromatic heterocycles. The van der Waals surface area contributed by atoms with E-state index in [1.54, 1.807) is 12.1 Å². The third kappa shape index (κ3) is 2.88. The Kier molecular flexibility index (Phi) is 3.62. The summed E-state index contributed by atoms with van der Waals surface area (Å²) < 4.78 is 26.1. The number of aromatic nitrogens is 1. The number of nitrogens with zero attached hydrogens (tertiary/aromatic N) is 1. The Balaban J connectivity index is 2.03. The van der Waals surface area contributed by atoms with E-state index < -0.39 is 11.9 Å². The van der Waals surface area contributed by atoms with Crippen LogP contribution in [0.3, 0.4) is 0 Å². The van der Waals surface area contributed by atoms with Crippen molar-refractivity contribution >= 4 is 5.91 Å². The highest BCUT2D eigenvalue weighted by molar-refractivity contribution is 5.94. The lowest BCUT2D eigenvalue weighted by Crippen LogP contribution is -2.24. The molecule has 0 fully saturated rings. The number of amides is 1. The van der Waals surface area contributed by atoms with Crippen molar-refractivity contribution in [2.45, 2.75) is 6.54 Å². The zero-order valence-electron chi connectivity index (χ0n) is 9.36. The molecule has 18 heavy (non-hydrogen) atoms. The standard InChI is InChI=1S/C13H10F2N2O/c14-10-4-1-3-9(7-10)8-17-13(18)11-5-2-6-16-12(11)15/h1-7H,8H2,(H,17,18). The van der Waals surface area contributed by atoms with Crippen LogP contribution in [-0.2, 0) is 6.54 Å². The molecule has 0 saturated heterocycles. The largest absolute Gasteiger partial charge is 0.348 e. The van der Waals surface area contributed by atoms with E-state index in [0.29, 0.717) is 5.56 Å². The molecule has 0 aliphatic carbocycles. The van der Waals surface area contributed by atoms with Gasteiger partial charge in [-0.25, -0.2) is 9.37 Å². The minimum absolute atomic E-state index is 0.130. The number of benzene rings is 1. The van der Waals surface area contributed by atoms with E-state index in [1.165, 1.54) is 30.5 Å². The molecule has 0 atom stereocenters. The molecule has 1 amide bonds. The molecule has 1 N–H and O–H groups in total. The SMILES string of the molecule is O=C(NCc1cccc(F)c1)c1cccnc1F. The van der Waals surface area contributed by atoms with Gasteiger partial charge in [-0.15, -0.1) is 0 Å². The third-order valence-corrected chi connectivity index (χ3v) is 2.35. The fourth-order valence-corrected chi connectivity index (χ4v) is 1.48. The second-order valence-corrected chi connectivity index (χ2v) is 3.65. The molecule has 0 radical (unpaired) electrons. The molecule has 0 unspecified atom stereocenters. The highest BCUT2D eigenvalue weighted by atomic mass is 19.1. The number of rotatable bonds is 3. The Morgan fingerprint density at radius 2 is 2.06 bits per heavy atom. The lowest BCUT2D eigenvalue weighted by atomic mass is 10.2. The van der Waals surface area contributed by atoms with Gasteiger partial charge in [0.25, 0.3) is 5.91 Å². The van der Waals surface area contributed by atoms with Crippen LogP contribution in [0.2, 0.25) is 0 Å². The number of hydrogen-bond donors (Lipinski definition) is 1. The van der Waals surface area contributed by atoms with Gasteiger partial charge in [-0.05, 0) is 29.8 Å². The summed E-state index contributed by atoms with van der Waals surface area (Å²) in [6.45, 7) is 0.130. The molecule has 5 heteroatoms. The van der Waals surface area contributed by atoms with Gasteiger partial charge in [0, 0.05) is 12.7 Å². The molecule has 3 nitrogen and oxygen atoms in total. The Bertz CT molecular complexity index is 572. The predicted octanol–water partition coefficient (Wildman–Crippen LogP) is 2.29. The smallest absolute Gasteiger partial charge is 0.256 e. The van der Waals surface area contributed by atoms with E-state index in [9.17, 15) is 13.6 Å². The van der Waals surface area contributed by atoms with E-state index in [4.69, 9.17) is 0 Å². The lowest BCUT2D eigenvalue weighted by Gasteiger charge is -2.05. The molecule has 1 heterocycles. The van der Waals surface area contributed by atoms with Crippen LogP contribution in [0.25, 0.3) is 0 Å². The van der Waals surface area contributed by atoms with Crippen molar-refractivity contribution in [3.05, 3.63) is 65.5 Å². The highest BCUT2D eigenvalue weighted by Crippen LogP contribution is 2.05. The Hall–Kier alpha value is -2.30. The number of halogens is 2. The van der Waals surface area contributed by atoms with Crippen LogP contribution in [0.5, 0.6) is 0 Å². The van der Waals surface area contributed by atoms with Crippen LogP contribution in [0.1, 0.15) is 15.9 Å². The summed E-state index contributed by atoms with van der Waals surface area (Å²) in [5.74, 6) is -1.78. The van der Waals surface area contributed by atoms with Crippen LogP contribution in [0.4, 0.5) is 8.78 Å². The van der Waals surface area contributed by atoms with Gasteiger partial charge in [-0.2, -0.15) is 4.39 Å². The Morgan fingerprint density at radius 1 is 1.22 bits per heavy atom. The van der Waals surface area contributed by atoms with Crippen molar-refractivity contribution in [1.82, 2.24) is 10.3 Å². The molecular weight excluding hydrogens is 238 g/mol. The molecule has 0 bridgehead atoms. The van der Waals surface area contributed by atoms with Crippen LogP contribution in [0.15, 0.2) is 42.6 Å². The van der Waals surface area contributed by atoms with Crippen molar-refractivity contribution in [3.63, 3.8) is 0 Å². The van der Waals surface area contributed by atoms with Crippen molar-refractivity contribution in [2.75, 3.05) is 0 Å². The maximum Gasteiger partial charge on any atom is 0.256 e. The van der Waals surface area contributed by atoms with E-state index in [0.717, 1.165) is 0 Å². The normalized spacial score (nSPS) is 10.1. The quantitative estimate of drug-likeness (QED) is 0.847. The van der Waals surface area contributed by atoms with Gasteiger partial charge in [0.1, 0.15) is 5.82 Å². The van der Waals surface area contributed by atoms with Crippen molar-refractivity contribution in [3.8, 4) is 0 Å². The second-order valence-electron chi connectivity index (χ2n) is 3.65. The van der Waals surface area contributed by atoms with E-state index in [-0.39, 0.29) is 17.9 Å². The molecule has 0 saturated carbocycles. The number of carbonyl (C=O) groups excluding carboxylic acids is 1. The third-order valence-electron chi connectivity index (χ3n) is 2.35. The predicted molar refractivity (Wildman–Crippen MR) is 61.8 cm³/mol. The first-order chi connectivity index (χ1) is 8.66. The summed E-state index contributed by atoms with van der Waals surface area (Å²) in [6.07, 6.45) is 1.26. The van der Waals surface area contributed by atoms with Crippen LogP contribution in [0, 0.1) is 11.8 Å². The van der Waals surface area contributed by atoms with Gasteiger partial charge in [0.05, 0.1) is 5.56 Å². The van der Waals surface area contributed by atoms with Crippen molar-refractivity contribution in [2.24, 2.45) is 0 Å². The van der Waals surface area contributed by atoms with Gasteiger partial charge in [-0.3, -0.25) is 4.79 Å². The van der Waals surface area contributed by atoms with Gasteiger partial charge in [0.2, 0.25) is 5.95 Å². The maximum absolute atomic E-state index is 13.2. The van der Waals surface area contributed by atoms with Crippen LogP contribution < -0.4 is 5.32 Å². The average molecular weight is 248 g/mol. The van der Waals surface area contributed by atoms with Crippen molar-refractivity contribution in [1.29, 1.82) is 0 Å². The summed E-state index contributed by atoms with van der Waals surface area (Å²) in [7, 11) is 0. The lowest BCUT2D eigenvalue weighted by molar-refractivity contribution is 0.0946. The number of nitrogens with one attached hydrogen (secondary N) is 1. The van der Waals surface area contributed by atoms with E-state index in [1.807, 2.05) is 0 Å². The summed E-state index contributed by atoms with van der Waals surface area (Å²) in [6, 6.07) is 8.64. The Labute approximate surface area is 102 Å². The van der Waals surface area contributed by atoms with Gasteiger partial charge in [0.15, 0.2) is 0 Å². The van der Waals surface area contributed by atoms with Gasteiger partial charge in [-0.1, -0.05) is 12.1 Å². The zero-order chi connectivity index (χ0) is 13.0. The minimum atomic E-state index is -0.825. The topological polar surface area (TPSA) is 42.0 Å². The molecule has 1 aromatic carbocycles. The van der Waals surface area contributed by atoms with Gasteiger partial charge >= 0.3 is 0 Å². The summed E-state index contributed by atoms with van der Waals surface area (Å²) in [5, 5.41) is 2.50. The number of hydrogen-bond acceptors (Lipinski definition) is 2. The molecule has 0 aliphatic heterocycles. The van der Waals surface area contributed by atoms with E-state index >= 15 is 0 Å². The molecular formula is C13H10F2N2O. The van der Waals surface area contributed by atoms with Gasteiger partial charge < -0.3 is 5.32 Å². The molecule has 92 valence electrons. The van der Waals surface area contributed by atoms with E-state index in [2.05, 4.69) is 10.3 Å². The zero-order valence-corrected chi connectivity index (χ0v) is 9.36. The highest BCUT2D eigenvalue weighted by Gasteiger charge is 2.11. The molecule has 0 aliphatic rings. The summed E-state index contributed by atoms with van der Waals surface area (Å²) in [4.78, 5) is 15.0. The average Bonchev–Trinajstić information content (AvgIpc) is 2.37. The first-order valence-electron chi connectivity index (χ1n) is 5.30. The first-order valence-corrected chi connectivity index (χ1v) is 5.30. The molecule has 0 spiro atoms. The summed E-state index contributed by atoms with van der Waals surface area (Å²) >= 11 is 0. The Morgan fingerprint density at radius 3 is 2.78 bits per heavy atom. The molecule has 2 rings (SSSR count). The second kappa shape index (κ2) is 5.35.